The molecule has 4 atom stereocenters. The zero-order valence-corrected chi connectivity index (χ0v) is 8.06. The molecule has 0 aromatic heterocycles. The highest BCUT2D eigenvalue weighted by Crippen LogP contribution is 2.50. The predicted molar refractivity (Wildman–Crippen MR) is 47.6 cm³/mol. The summed E-state index contributed by atoms with van der Waals surface area (Å²) in [5, 5.41) is 0. The standard InChI is InChI=1S/C10H16F3N/c11-10(12,13)5-9(14)8-4-6-1-2-7(8)3-6/h6-9H,1-5,14H2/t6?,7?,8?,9-/m1/s1. The number of fused-ring (bicyclic) bond motifs is 2. The van der Waals surface area contributed by atoms with Crippen molar-refractivity contribution in [2.75, 3.05) is 0 Å². The van der Waals surface area contributed by atoms with Crippen LogP contribution in [0.4, 0.5) is 13.2 Å². The molecule has 2 aliphatic carbocycles. The van der Waals surface area contributed by atoms with Crippen LogP contribution in [0.25, 0.3) is 0 Å². The Morgan fingerprint density at radius 2 is 1.93 bits per heavy atom. The summed E-state index contributed by atoms with van der Waals surface area (Å²) in [4.78, 5) is 0. The minimum Gasteiger partial charge on any atom is -0.327 e. The Bertz CT molecular complexity index is 214. The van der Waals surface area contributed by atoms with Crippen molar-refractivity contribution in [1.29, 1.82) is 0 Å². The fourth-order valence-corrected chi connectivity index (χ4v) is 3.24. The van der Waals surface area contributed by atoms with E-state index in [2.05, 4.69) is 0 Å². The lowest BCUT2D eigenvalue weighted by Crippen LogP contribution is -2.37. The second kappa shape index (κ2) is 3.40. The molecule has 2 aliphatic rings. The number of halogens is 3. The molecule has 0 aliphatic heterocycles. The van der Waals surface area contributed by atoms with Crippen LogP contribution in [0.1, 0.15) is 32.1 Å². The summed E-state index contributed by atoms with van der Waals surface area (Å²) in [6, 6.07) is -0.662. The van der Waals surface area contributed by atoms with Crippen LogP contribution < -0.4 is 5.73 Å². The summed E-state index contributed by atoms with van der Waals surface area (Å²) in [6.07, 6.45) is -0.541. The largest absolute Gasteiger partial charge is 0.390 e. The molecule has 0 heterocycles. The topological polar surface area (TPSA) is 26.0 Å². The molecular weight excluding hydrogens is 191 g/mol. The number of hydrogen-bond donors (Lipinski definition) is 1. The van der Waals surface area contributed by atoms with E-state index in [9.17, 15) is 13.2 Å². The van der Waals surface area contributed by atoms with Crippen LogP contribution in [0.5, 0.6) is 0 Å². The van der Waals surface area contributed by atoms with E-state index in [-0.39, 0.29) is 5.92 Å². The normalized spacial score (nSPS) is 39.0. The second-order valence-electron chi connectivity index (χ2n) is 4.82. The molecule has 0 saturated heterocycles. The van der Waals surface area contributed by atoms with E-state index in [4.69, 9.17) is 5.73 Å². The zero-order valence-electron chi connectivity index (χ0n) is 8.06. The Balaban J connectivity index is 1.90. The van der Waals surface area contributed by atoms with Gasteiger partial charge in [-0.2, -0.15) is 13.2 Å². The summed E-state index contributed by atoms with van der Waals surface area (Å²) in [7, 11) is 0. The van der Waals surface area contributed by atoms with Crippen LogP contribution >= 0.6 is 0 Å². The number of rotatable bonds is 2. The van der Waals surface area contributed by atoms with Crippen molar-refractivity contribution in [1.82, 2.24) is 0 Å². The smallest absolute Gasteiger partial charge is 0.327 e. The van der Waals surface area contributed by atoms with Gasteiger partial charge in [-0.05, 0) is 37.0 Å². The van der Waals surface area contributed by atoms with Crippen molar-refractivity contribution in [3.05, 3.63) is 0 Å². The number of alkyl halides is 3. The SMILES string of the molecule is N[C@H](CC(F)(F)F)C1CC2CCC1C2. The molecule has 14 heavy (non-hydrogen) atoms. The maximum atomic E-state index is 12.1. The number of hydrogen-bond acceptors (Lipinski definition) is 1. The Morgan fingerprint density at radius 1 is 1.21 bits per heavy atom. The summed E-state index contributed by atoms with van der Waals surface area (Å²) in [5.74, 6) is 1.29. The number of nitrogens with two attached hydrogens (primary N) is 1. The maximum absolute atomic E-state index is 12.1. The van der Waals surface area contributed by atoms with Gasteiger partial charge in [-0.25, -0.2) is 0 Å². The third kappa shape index (κ3) is 2.05. The minimum absolute atomic E-state index is 0.135. The molecule has 2 bridgehead atoms. The van der Waals surface area contributed by atoms with E-state index >= 15 is 0 Å². The van der Waals surface area contributed by atoms with E-state index in [1.807, 2.05) is 0 Å². The molecule has 0 aromatic rings. The first-order chi connectivity index (χ1) is 6.46. The van der Waals surface area contributed by atoms with Crippen molar-refractivity contribution in [3.63, 3.8) is 0 Å². The van der Waals surface area contributed by atoms with Crippen LogP contribution in [0.3, 0.4) is 0 Å². The van der Waals surface area contributed by atoms with Crippen LogP contribution in [-0.4, -0.2) is 12.2 Å². The molecule has 1 nitrogen and oxygen atoms in total. The summed E-state index contributed by atoms with van der Waals surface area (Å²) in [5.41, 5.74) is 5.63. The van der Waals surface area contributed by atoms with Gasteiger partial charge in [0.1, 0.15) is 0 Å². The third-order valence-corrected chi connectivity index (χ3v) is 3.81. The molecule has 3 unspecified atom stereocenters. The summed E-state index contributed by atoms with van der Waals surface area (Å²) < 4.78 is 36.4. The average Bonchev–Trinajstić information content (AvgIpc) is 2.59. The van der Waals surface area contributed by atoms with Gasteiger partial charge in [0, 0.05) is 6.04 Å². The minimum atomic E-state index is -4.10. The van der Waals surface area contributed by atoms with Gasteiger partial charge in [-0.15, -0.1) is 0 Å². The van der Waals surface area contributed by atoms with Gasteiger partial charge in [-0.1, -0.05) is 6.42 Å². The van der Waals surface area contributed by atoms with Gasteiger partial charge in [0.25, 0.3) is 0 Å². The van der Waals surface area contributed by atoms with Crippen LogP contribution in [-0.2, 0) is 0 Å². The highest BCUT2D eigenvalue weighted by atomic mass is 19.4. The van der Waals surface area contributed by atoms with Crippen LogP contribution in [0.2, 0.25) is 0 Å². The first-order valence-electron chi connectivity index (χ1n) is 5.28. The second-order valence-corrected chi connectivity index (χ2v) is 4.82. The quantitative estimate of drug-likeness (QED) is 0.740. The molecule has 2 saturated carbocycles. The molecule has 0 aromatic carbocycles. The monoisotopic (exact) mass is 207 g/mol. The average molecular weight is 207 g/mol. The Hall–Kier alpha value is -0.250. The van der Waals surface area contributed by atoms with E-state index in [1.165, 1.54) is 6.42 Å². The summed E-state index contributed by atoms with van der Waals surface area (Å²) >= 11 is 0. The van der Waals surface area contributed by atoms with Gasteiger partial charge < -0.3 is 5.73 Å². The maximum Gasteiger partial charge on any atom is 0.390 e. The van der Waals surface area contributed by atoms with E-state index in [0.29, 0.717) is 11.8 Å². The van der Waals surface area contributed by atoms with Gasteiger partial charge in [-0.3, -0.25) is 0 Å². The van der Waals surface area contributed by atoms with E-state index in [1.54, 1.807) is 0 Å². The van der Waals surface area contributed by atoms with Gasteiger partial charge in [0.05, 0.1) is 6.42 Å². The summed E-state index contributed by atoms with van der Waals surface area (Å²) in [6.45, 7) is 0. The molecule has 0 radical (unpaired) electrons. The molecule has 0 spiro atoms. The molecular formula is C10H16F3N. The van der Waals surface area contributed by atoms with E-state index in [0.717, 1.165) is 19.3 Å². The fourth-order valence-electron chi connectivity index (χ4n) is 3.24. The van der Waals surface area contributed by atoms with Crippen molar-refractivity contribution >= 4 is 0 Å². The zero-order chi connectivity index (χ0) is 10.3. The Morgan fingerprint density at radius 3 is 2.36 bits per heavy atom. The predicted octanol–water partition coefficient (Wildman–Crippen LogP) is 2.70. The lowest BCUT2D eigenvalue weighted by Gasteiger charge is -2.28. The van der Waals surface area contributed by atoms with Crippen molar-refractivity contribution in [3.8, 4) is 0 Å². The van der Waals surface area contributed by atoms with Gasteiger partial charge >= 0.3 is 6.18 Å². The van der Waals surface area contributed by atoms with Gasteiger partial charge in [0.2, 0.25) is 0 Å². The molecule has 2 fully saturated rings. The third-order valence-electron chi connectivity index (χ3n) is 3.81. The van der Waals surface area contributed by atoms with Crippen molar-refractivity contribution in [2.45, 2.75) is 44.3 Å². The Labute approximate surface area is 81.8 Å². The van der Waals surface area contributed by atoms with Crippen molar-refractivity contribution < 1.29 is 13.2 Å². The van der Waals surface area contributed by atoms with Crippen LogP contribution in [0, 0.1) is 17.8 Å². The highest BCUT2D eigenvalue weighted by Gasteiger charge is 2.44. The molecule has 2 N–H and O–H groups in total. The van der Waals surface area contributed by atoms with Crippen LogP contribution in [0.15, 0.2) is 0 Å². The molecule has 2 rings (SSSR count). The molecule has 82 valence electrons. The first-order valence-corrected chi connectivity index (χ1v) is 5.28. The lowest BCUT2D eigenvalue weighted by atomic mass is 9.82. The van der Waals surface area contributed by atoms with E-state index < -0.39 is 18.6 Å². The lowest BCUT2D eigenvalue weighted by molar-refractivity contribution is -0.141. The first kappa shape index (κ1) is 10.3. The Kier molecular flexibility index (Phi) is 2.50. The molecule has 0 amide bonds. The fraction of sp³-hybridized carbons (Fsp3) is 1.00. The van der Waals surface area contributed by atoms with Gasteiger partial charge in [0.15, 0.2) is 0 Å². The molecule has 4 heteroatoms. The van der Waals surface area contributed by atoms with Crippen molar-refractivity contribution in [2.24, 2.45) is 23.5 Å². The highest BCUT2D eigenvalue weighted by molar-refractivity contribution is 4.94.